The lowest BCUT2D eigenvalue weighted by Crippen LogP contribution is -2.48. The topological polar surface area (TPSA) is 51.5 Å². The molecule has 1 saturated heterocycles. The number of aliphatic imine (C=N–C) groups is 2. The van der Waals surface area contributed by atoms with Gasteiger partial charge in [0.15, 0.2) is 0 Å². The molecule has 0 aliphatic carbocycles. The van der Waals surface area contributed by atoms with Crippen molar-refractivity contribution in [2.45, 2.75) is 33.6 Å². The third kappa shape index (κ3) is 12.7. The lowest BCUT2D eigenvalue weighted by Gasteiger charge is -2.36. The van der Waals surface area contributed by atoms with Crippen LogP contribution in [-0.4, -0.2) is 79.5 Å². The number of rotatable bonds is 8. The Morgan fingerprint density at radius 1 is 1.02 bits per heavy atom. The molecule has 1 aliphatic rings. The van der Waals surface area contributed by atoms with Crippen LogP contribution in [-0.2, 0) is 11.2 Å². The lowest BCUT2D eigenvalue weighted by molar-refractivity contribution is -0.132. The molecule has 6 nitrogen and oxygen atoms in total. The third-order valence-corrected chi connectivity index (χ3v) is 6.69. The Morgan fingerprint density at radius 2 is 1.57 bits per heavy atom. The summed E-state index contributed by atoms with van der Waals surface area (Å²) >= 11 is 0. The van der Waals surface area contributed by atoms with E-state index in [-0.39, 0.29) is 11.7 Å². The summed E-state index contributed by atoms with van der Waals surface area (Å²) in [6, 6.07) is 14.4. The zero-order valence-electron chi connectivity index (χ0n) is 27.3. The van der Waals surface area contributed by atoms with Crippen molar-refractivity contribution in [1.82, 2.24) is 14.7 Å². The summed E-state index contributed by atoms with van der Waals surface area (Å²) in [6.07, 6.45) is 12.4. The predicted octanol–water partition coefficient (Wildman–Crippen LogP) is 6.87. The maximum Gasteiger partial charge on any atom is 0.222 e. The van der Waals surface area contributed by atoms with Gasteiger partial charge in [0.25, 0.3) is 0 Å². The molecule has 0 saturated carbocycles. The molecule has 1 heterocycles. The van der Waals surface area contributed by atoms with Crippen LogP contribution in [0, 0.1) is 18.2 Å². The van der Waals surface area contributed by atoms with Crippen molar-refractivity contribution in [1.29, 1.82) is 0 Å². The molecule has 0 aromatic heterocycles. The number of halogens is 1. The van der Waals surface area contributed by atoms with Crippen LogP contribution in [0.15, 0.2) is 102 Å². The van der Waals surface area contributed by atoms with Crippen LogP contribution < -0.4 is 0 Å². The Hall–Kier alpha value is -4.70. The molecule has 0 spiro atoms. The Morgan fingerprint density at radius 3 is 1.98 bits per heavy atom. The van der Waals surface area contributed by atoms with Crippen LogP contribution in [0.3, 0.4) is 0 Å². The summed E-state index contributed by atoms with van der Waals surface area (Å²) in [4.78, 5) is 26.2. The fourth-order valence-electron chi connectivity index (χ4n) is 4.15. The Bertz CT molecular complexity index is 1350. The van der Waals surface area contributed by atoms with Crippen molar-refractivity contribution in [3.05, 3.63) is 115 Å². The molecule has 0 atom stereocenters. The first kappa shape index (κ1) is 37.3. The van der Waals surface area contributed by atoms with E-state index in [0.29, 0.717) is 12.1 Å². The maximum atomic E-state index is 12.5. The van der Waals surface area contributed by atoms with Crippen LogP contribution in [0.1, 0.15) is 43.9 Å². The SMILES string of the molecule is C#CC(=NC)c1ccc(F)cc1.C=C/C(=N\C(=C/C)N1CCN(C(=O)CC)CC1)N(C)C.C=CCc1ccc(C(=C)C)cc1. The third-order valence-electron chi connectivity index (χ3n) is 6.69. The van der Waals surface area contributed by atoms with Crippen molar-refractivity contribution >= 4 is 23.0 Å². The van der Waals surface area contributed by atoms with Crippen LogP contribution in [0.5, 0.6) is 0 Å². The summed E-state index contributed by atoms with van der Waals surface area (Å²) in [6.45, 7) is 20.5. The van der Waals surface area contributed by atoms with Gasteiger partial charge >= 0.3 is 0 Å². The second kappa shape index (κ2) is 20.2. The number of carbonyl (C=O) groups excluding carboxylic acids is 1. The van der Waals surface area contributed by atoms with Gasteiger partial charge < -0.3 is 14.7 Å². The first-order valence-corrected chi connectivity index (χ1v) is 14.7. The van der Waals surface area contributed by atoms with Crippen molar-refractivity contribution in [2.75, 3.05) is 47.3 Å². The van der Waals surface area contributed by atoms with Gasteiger partial charge in [-0.3, -0.25) is 9.79 Å². The molecule has 0 unspecified atom stereocenters. The van der Waals surface area contributed by atoms with E-state index in [4.69, 9.17) is 6.42 Å². The molecule has 2 aromatic rings. The smallest absolute Gasteiger partial charge is 0.222 e. The van der Waals surface area contributed by atoms with Crippen LogP contribution in [0.25, 0.3) is 5.57 Å². The zero-order chi connectivity index (χ0) is 33.1. The van der Waals surface area contributed by atoms with Crippen molar-refractivity contribution in [3.63, 3.8) is 0 Å². The zero-order valence-corrected chi connectivity index (χ0v) is 27.3. The highest BCUT2D eigenvalue weighted by Crippen LogP contribution is 2.14. The summed E-state index contributed by atoms with van der Waals surface area (Å²) in [7, 11) is 5.51. The molecule has 0 N–H and O–H groups in total. The van der Waals surface area contributed by atoms with E-state index in [2.05, 4.69) is 64.8 Å². The normalized spacial score (nSPS) is 13.4. The number of carbonyl (C=O) groups is 1. The molecule has 1 fully saturated rings. The summed E-state index contributed by atoms with van der Waals surface area (Å²) < 4.78 is 12.5. The number of benzene rings is 2. The van der Waals surface area contributed by atoms with Gasteiger partial charge in [-0.25, -0.2) is 9.38 Å². The van der Waals surface area contributed by atoms with Gasteiger partial charge in [-0.2, -0.15) is 0 Å². The fourth-order valence-corrected chi connectivity index (χ4v) is 4.15. The second-order valence-corrected chi connectivity index (χ2v) is 10.1. The molecule has 0 bridgehead atoms. The monoisotopic (exact) mass is 597 g/mol. The number of amidine groups is 1. The van der Waals surface area contributed by atoms with Crippen LogP contribution in [0.2, 0.25) is 0 Å². The van der Waals surface area contributed by atoms with Crippen molar-refractivity contribution < 1.29 is 9.18 Å². The van der Waals surface area contributed by atoms with Gasteiger partial charge in [0, 0.05) is 59.3 Å². The summed E-state index contributed by atoms with van der Waals surface area (Å²) in [5.41, 5.74) is 4.93. The van der Waals surface area contributed by atoms with Crippen molar-refractivity contribution in [2.24, 2.45) is 9.98 Å². The van der Waals surface area contributed by atoms with Gasteiger partial charge in [0.2, 0.25) is 5.91 Å². The molecule has 234 valence electrons. The van der Waals surface area contributed by atoms with E-state index in [0.717, 1.165) is 55.4 Å². The Balaban J connectivity index is 0.000000348. The van der Waals surface area contributed by atoms with Crippen molar-refractivity contribution in [3.8, 4) is 12.3 Å². The van der Waals surface area contributed by atoms with E-state index in [1.807, 2.05) is 56.8 Å². The number of likely N-dealkylation sites (N-methyl/N-ethyl adjacent to an activating group) is 1. The number of allylic oxidation sites excluding steroid dienone is 3. The Kier molecular flexibility index (Phi) is 17.2. The molecule has 3 rings (SSSR count). The highest BCUT2D eigenvalue weighted by molar-refractivity contribution is 6.12. The molecule has 7 heteroatoms. The van der Waals surface area contributed by atoms with Crippen LogP contribution >= 0.6 is 0 Å². The van der Waals surface area contributed by atoms with E-state index in [1.165, 1.54) is 23.3 Å². The molecular weight excluding hydrogens is 549 g/mol. The number of nitrogens with zero attached hydrogens (tertiary/aromatic N) is 5. The maximum absolute atomic E-state index is 12.5. The van der Waals surface area contributed by atoms with Gasteiger partial charge in [-0.05, 0) is 67.8 Å². The average Bonchev–Trinajstić information content (AvgIpc) is 3.03. The van der Waals surface area contributed by atoms with Gasteiger partial charge in [-0.15, -0.1) is 13.0 Å². The van der Waals surface area contributed by atoms with E-state index >= 15 is 0 Å². The van der Waals surface area contributed by atoms with E-state index < -0.39 is 0 Å². The minimum absolute atomic E-state index is 0.232. The minimum Gasteiger partial charge on any atom is -0.363 e. The lowest BCUT2D eigenvalue weighted by atomic mass is 10.1. The second-order valence-electron chi connectivity index (χ2n) is 10.1. The largest absolute Gasteiger partial charge is 0.363 e. The first-order chi connectivity index (χ1) is 21.0. The summed E-state index contributed by atoms with van der Waals surface area (Å²) in [5, 5.41) is 0. The van der Waals surface area contributed by atoms with Gasteiger partial charge in [-0.1, -0.05) is 61.9 Å². The average molecular weight is 598 g/mol. The molecule has 2 aromatic carbocycles. The molecule has 44 heavy (non-hydrogen) atoms. The Labute approximate surface area is 264 Å². The van der Waals surface area contributed by atoms with Crippen LogP contribution in [0.4, 0.5) is 4.39 Å². The molecular formula is C37H48FN5O. The number of hydrogen-bond donors (Lipinski definition) is 0. The highest BCUT2D eigenvalue weighted by atomic mass is 19.1. The molecule has 0 radical (unpaired) electrons. The number of amides is 1. The highest BCUT2D eigenvalue weighted by Gasteiger charge is 2.21. The number of hydrogen-bond acceptors (Lipinski definition) is 4. The quantitative estimate of drug-likeness (QED) is 0.144. The fraction of sp³-hybridized carbons (Fsp3) is 0.324. The number of piperazine rings is 1. The van der Waals surface area contributed by atoms with E-state index in [9.17, 15) is 9.18 Å². The molecule has 1 aliphatic heterocycles. The van der Waals surface area contributed by atoms with Gasteiger partial charge in [0.1, 0.15) is 23.2 Å². The minimum atomic E-state index is -0.272. The van der Waals surface area contributed by atoms with Gasteiger partial charge in [0.05, 0.1) is 0 Å². The molecule has 1 amide bonds. The van der Waals surface area contributed by atoms with E-state index in [1.54, 1.807) is 25.3 Å². The predicted molar refractivity (Wildman–Crippen MR) is 186 cm³/mol. The number of terminal acetylenes is 1. The summed E-state index contributed by atoms with van der Waals surface area (Å²) in [5.74, 6) is 4.15. The standard InChI is InChI=1S/C15H26N4O.C12H14.C10H8FN/c1-6-13(17(4)5)16-14(7-2)18-9-11-19(12-10-18)15(20)8-3;1-4-5-11-6-8-12(9-7-11)10(2)3;1-3-10(12-2)8-4-6-9(11)7-5-8/h6-7H,1,8-12H2,2-5H3;4,6-9H,1-2,5H2,3H3;1,4-7H,2H3/b14-7+,16-13+;;. The first-order valence-electron chi connectivity index (χ1n) is 14.7.